The second-order valence-corrected chi connectivity index (χ2v) is 2.71. The van der Waals surface area contributed by atoms with Gasteiger partial charge >= 0.3 is 0 Å². The normalized spacial score (nSPS) is 16.7. The molecule has 0 aliphatic carbocycles. The number of carbonyl (C=O) groups excluding carboxylic acids is 2. The smallest absolute Gasteiger partial charge is 0.253 e. The average molecular weight is 164 g/mol. The molecule has 0 saturated carbocycles. The minimum absolute atomic E-state index is 0.0181. The van der Waals surface area contributed by atoms with Crippen molar-refractivity contribution in [2.45, 2.75) is 6.42 Å². The van der Waals surface area contributed by atoms with Gasteiger partial charge in [0.1, 0.15) is 0 Å². The summed E-state index contributed by atoms with van der Waals surface area (Å²) in [5.41, 5.74) is 0.961. The van der Waals surface area contributed by atoms with E-state index in [0.717, 1.165) is 0 Å². The Morgan fingerprint density at radius 2 is 1.92 bits per heavy atom. The van der Waals surface area contributed by atoms with Gasteiger partial charge in [0.25, 0.3) is 5.91 Å². The number of aromatic nitrogens is 1. The molecule has 0 aromatic carbocycles. The summed E-state index contributed by atoms with van der Waals surface area (Å²) in [7, 11) is 0. The molecule has 1 aromatic heterocycles. The predicted octanol–water partition coefficient (Wildman–Crippen LogP) is 0.331. The van der Waals surface area contributed by atoms with E-state index in [-0.39, 0.29) is 11.7 Å². The van der Waals surface area contributed by atoms with Gasteiger partial charge in [0.2, 0.25) is 0 Å². The zero-order valence-corrected chi connectivity index (χ0v) is 6.39. The Balaban J connectivity index is 2.52. The van der Waals surface area contributed by atoms with E-state index in [0.29, 0.717) is 24.1 Å². The van der Waals surface area contributed by atoms with Gasteiger partial charge in [0.15, 0.2) is 5.78 Å². The first-order valence-corrected chi connectivity index (χ1v) is 3.77. The highest BCUT2D eigenvalue weighted by Gasteiger charge is 2.20. The number of H-pyrrole nitrogens is 1. The van der Waals surface area contributed by atoms with Crippen molar-refractivity contribution in [1.29, 1.82) is 0 Å². The van der Waals surface area contributed by atoms with Crippen molar-refractivity contribution in [3.05, 3.63) is 23.5 Å². The van der Waals surface area contributed by atoms with Gasteiger partial charge in [-0.25, -0.2) is 0 Å². The van der Waals surface area contributed by atoms with Crippen molar-refractivity contribution < 1.29 is 9.59 Å². The number of hydrogen-bond donors (Lipinski definition) is 2. The Kier molecular flexibility index (Phi) is 1.46. The molecule has 12 heavy (non-hydrogen) atoms. The van der Waals surface area contributed by atoms with Crippen LogP contribution >= 0.6 is 0 Å². The van der Waals surface area contributed by atoms with Gasteiger partial charge in [-0.1, -0.05) is 0 Å². The quantitative estimate of drug-likeness (QED) is 0.580. The Morgan fingerprint density at radius 3 is 2.75 bits per heavy atom. The molecule has 2 heterocycles. The fraction of sp³-hybridized carbons (Fsp3) is 0.250. The van der Waals surface area contributed by atoms with Gasteiger partial charge in [0.05, 0.1) is 5.56 Å². The number of ketones is 1. The third kappa shape index (κ3) is 0.922. The van der Waals surface area contributed by atoms with E-state index in [1.54, 1.807) is 12.4 Å². The maximum atomic E-state index is 11.3. The summed E-state index contributed by atoms with van der Waals surface area (Å²) in [6.45, 7) is 0.437. The van der Waals surface area contributed by atoms with Crippen molar-refractivity contribution >= 4 is 11.7 Å². The Bertz CT molecular complexity index is 310. The van der Waals surface area contributed by atoms with E-state index < -0.39 is 0 Å². The molecule has 0 saturated heterocycles. The third-order valence-electron chi connectivity index (χ3n) is 1.93. The molecule has 62 valence electrons. The molecule has 0 radical (unpaired) electrons. The molecular formula is C8H8N2O2. The van der Waals surface area contributed by atoms with Gasteiger partial charge in [-0.15, -0.1) is 0 Å². The van der Waals surface area contributed by atoms with Crippen LogP contribution in [0.15, 0.2) is 12.4 Å². The lowest BCUT2D eigenvalue weighted by Gasteiger charge is -1.95. The summed E-state index contributed by atoms with van der Waals surface area (Å²) >= 11 is 0. The van der Waals surface area contributed by atoms with Crippen LogP contribution in [0.1, 0.15) is 27.1 Å². The summed E-state index contributed by atoms with van der Waals surface area (Å²) in [6.07, 6.45) is 3.51. The van der Waals surface area contributed by atoms with Gasteiger partial charge in [-0.3, -0.25) is 9.59 Å². The Hall–Kier alpha value is -1.58. The van der Waals surface area contributed by atoms with E-state index in [1.807, 2.05) is 0 Å². The van der Waals surface area contributed by atoms with Crippen molar-refractivity contribution in [1.82, 2.24) is 10.3 Å². The molecule has 1 aromatic rings. The highest BCUT2D eigenvalue weighted by molar-refractivity contribution is 6.09. The first kappa shape index (κ1) is 7.09. The lowest BCUT2D eigenvalue weighted by molar-refractivity contribution is 0.0956. The van der Waals surface area contributed by atoms with E-state index in [2.05, 4.69) is 10.3 Å². The highest BCUT2D eigenvalue weighted by atomic mass is 16.2. The lowest BCUT2D eigenvalue weighted by atomic mass is 10.1. The standard InChI is InChI=1S/C8H8N2O2/c11-7-1-2-10-8(12)6-4-9-3-5(6)7/h3-4,9H,1-2H2,(H,10,12). The first-order chi connectivity index (χ1) is 5.79. The van der Waals surface area contributed by atoms with Gasteiger partial charge in [-0.05, 0) is 0 Å². The first-order valence-electron chi connectivity index (χ1n) is 3.77. The molecule has 4 heteroatoms. The summed E-state index contributed by atoms with van der Waals surface area (Å²) in [4.78, 5) is 25.3. The zero-order valence-electron chi connectivity index (χ0n) is 6.39. The number of hydrogen-bond acceptors (Lipinski definition) is 2. The maximum Gasteiger partial charge on any atom is 0.253 e. The van der Waals surface area contributed by atoms with E-state index in [4.69, 9.17) is 0 Å². The highest BCUT2D eigenvalue weighted by Crippen LogP contribution is 2.12. The van der Waals surface area contributed by atoms with Crippen LogP contribution in [-0.2, 0) is 0 Å². The van der Waals surface area contributed by atoms with Crippen molar-refractivity contribution in [2.75, 3.05) is 6.54 Å². The molecule has 0 unspecified atom stereocenters. The fourth-order valence-corrected chi connectivity index (χ4v) is 1.30. The predicted molar refractivity (Wildman–Crippen MR) is 42.1 cm³/mol. The largest absolute Gasteiger partial charge is 0.366 e. The van der Waals surface area contributed by atoms with Gasteiger partial charge < -0.3 is 10.3 Å². The molecule has 0 fully saturated rings. The number of fused-ring (bicyclic) bond motifs is 1. The second-order valence-electron chi connectivity index (χ2n) is 2.71. The number of aromatic amines is 1. The number of Topliss-reactive ketones (excluding diaryl/α,β-unsaturated/α-hetero) is 1. The van der Waals surface area contributed by atoms with Gasteiger partial charge in [0, 0.05) is 30.9 Å². The van der Waals surface area contributed by atoms with Crippen molar-refractivity contribution in [3.8, 4) is 0 Å². The van der Waals surface area contributed by atoms with Crippen LogP contribution < -0.4 is 5.32 Å². The van der Waals surface area contributed by atoms with Crippen molar-refractivity contribution in [3.63, 3.8) is 0 Å². The van der Waals surface area contributed by atoms with Crippen LogP contribution in [-0.4, -0.2) is 23.2 Å². The fourth-order valence-electron chi connectivity index (χ4n) is 1.30. The Morgan fingerprint density at radius 1 is 1.17 bits per heavy atom. The molecule has 0 bridgehead atoms. The summed E-state index contributed by atoms with van der Waals surface area (Å²) in [6, 6.07) is 0. The maximum absolute atomic E-state index is 11.3. The minimum Gasteiger partial charge on any atom is -0.366 e. The molecule has 1 aliphatic rings. The summed E-state index contributed by atoms with van der Waals surface area (Å²) < 4.78 is 0. The summed E-state index contributed by atoms with van der Waals surface area (Å²) in [5.74, 6) is -0.151. The number of amides is 1. The van der Waals surface area contributed by atoms with Crippen LogP contribution in [0.2, 0.25) is 0 Å². The molecule has 2 rings (SSSR count). The Labute approximate surface area is 69.0 Å². The van der Waals surface area contributed by atoms with E-state index in [1.165, 1.54) is 0 Å². The molecule has 2 N–H and O–H groups in total. The molecule has 1 amide bonds. The van der Waals surface area contributed by atoms with Gasteiger partial charge in [-0.2, -0.15) is 0 Å². The van der Waals surface area contributed by atoms with E-state index >= 15 is 0 Å². The second kappa shape index (κ2) is 2.48. The lowest BCUT2D eigenvalue weighted by Crippen LogP contribution is -2.22. The molecule has 4 nitrogen and oxygen atoms in total. The number of nitrogens with one attached hydrogen (secondary N) is 2. The number of carbonyl (C=O) groups is 2. The van der Waals surface area contributed by atoms with Crippen LogP contribution in [0.3, 0.4) is 0 Å². The van der Waals surface area contributed by atoms with Crippen molar-refractivity contribution in [2.24, 2.45) is 0 Å². The zero-order chi connectivity index (χ0) is 8.55. The molecular weight excluding hydrogens is 156 g/mol. The average Bonchev–Trinajstić information content (AvgIpc) is 2.47. The third-order valence-corrected chi connectivity index (χ3v) is 1.93. The number of rotatable bonds is 0. The van der Waals surface area contributed by atoms with Crippen LogP contribution in [0.5, 0.6) is 0 Å². The minimum atomic E-state index is -0.169. The van der Waals surface area contributed by atoms with Crippen LogP contribution in [0, 0.1) is 0 Å². The SMILES string of the molecule is O=C1CCNC(=O)c2c[nH]cc21. The molecule has 0 atom stereocenters. The van der Waals surface area contributed by atoms with Crippen LogP contribution in [0.25, 0.3) is 0 Å². The molecule has 0 spiro atoms. The van der Waals surface area contributed by atoms with Crippen LogP contribution in [0.4, 0.5) is 0 Å². The summed E-state index contributed by atoms with van der Waals surface area (Å²) in [5, 5.41) is 2.64. The van der Waals surface area contributed by atoms with E-state index in [9.17, 15) is 9.59 Å². The molecule has 1 aliphatic heterocycles. The monoisotopic (exact) mass is 164 g/mol. The topological polar surface area (TPSA) is 62.0 Å².